The van der Waals surface area contributed by atoms with Crippen LogP contribution in [0.5, 0.6) is 0 Å². The molecule has 11 heteroatoms. The molecular weight excluding hydrogens is 302 g/mol. The summed E-state index contributed by atoms with van der Waals surface area (Å²) in [6.45, 7) is 0.958. The van der Waals surface area contributed by atoms with Gasteiger partial charge in [0, 0.05) is 13.3 Å². The summed E-state index contributed by atoms with van der Waals surface area (Å²) in [6.07, 6.45) is -1.63. The lowest BCUT2D eigenvalue weighted by Gasteiger charge is -2.30. The molecule has 0 unspecified atom stereocenters. The van der Waals surface area contributed by atoms with Gasteiger partial charge >= 0.3 is 17.9 Å². The minimum Gasteiger partial charge on any atom is -0.481 e. The van der Waals surface area contributed by atoms with Gasteiger partial charge in [-0.2, -0.15) is 0 Å². The van der Waals surface area contributed by atoms with Gasteiger partial charge in [0.25, 0.3) is 0 Å². The van der Waals surface area contributed by atoms with E-state index in [0.717, 1.165) is 6.92 Å². The highest BCUT2D eigenvalue weighted by molar-refractivity contribution is 5.87. The van der Waals surface area contributed by atoms with Gasteiger partial charge in [-0.25, -0.2) is 10.2 Å². The van der Waals surface area contributed by atoms with Crippen LogP contribution < -0.4 is 11.2 Å². The number of rotatable bonds is 10. The first-order chi connectivity index (χ1) is 10.1. The lowest BCUT2D eigenvalue weighted by Crippen LogP contribution is -2.58. The third-order valence-electron chi connectivity index (χ3n) is 2.57. The zero-order valence-corrected chi connectivity index (χ0v) is 11.7. The molecule has 0 aliphatic rings. The van der Waals surface area contributed by atoms with Crippen molar-refractivity contribution in [2.75, 3.05) is 0 Å². The molecule has 0 saturated carbocycles. The van der Waals surface area contributed by atoms with Crippen LogP contribution in [0.1, 0.15) is 26.2 Å². The van der Waals surface area contributed by atoms with Crippen LogP contribution in [-0.4, -0.2) is 62.1 Å². The van der Waals surface area contributed by atoms with E-state index in [4.69, 9.17) is 21.1 Å². The van der Waals surface area contributed by atoms with Crippen molar-refractivity contribution in [3.8, 4) is 0 Å². The topological polar surface area (TPSA) is 187 Å². The minimum atomic E-state index is -1.71. The number of nitrogens with zero attached hydrogens (tertiary/aromatic N) is 1. The van der Waals surface area contributed by atoms with E-state index in [1.54, 1.807) is 0 Å². The van der Waals surface area contributed by atoms with Crippen molar-refractivity contribution >= 4 is 29.7 Å². The van der Waals surface area contributed by atoms with Gasteiger partial charge in [-0.15, -0.1) is 0 Å². The number of hydrogen-bond acceptors (Lipinski definition) is 6. The fraction of sp³-hybridized carbons (Fsp3) is 0.545. The highest BCUT2D eigenvalue weighted by Gasteiger charge is 2.33. The van der Waals surface area contributed by atoms with Crippen molar-refractivity contribution in [2.24, 2.45) is 5.73 Å². The summed E-state index contributed by atoms with van der Waals surface area (Å²) in [4.78, 5) is 55.0. The normalized spacial score (nSPS) is 13.0. The van der Waals surface area contributed by atoms with E-state index >= 15 is 0 Å². The molecule has 0 fully saturated rings. The van der Waals surface area contributed by atoms with E-state index < -0.39 is 61.1 Å². The molecule has 0 radical (unpaired) electrons. The van der Waals surface area contributed by atoms with Crippen LogP contribution in [0, 0.1) is 0 Å². The van der Waals surface area contributed by atoms with Crippen molar-refractivity contribution in [3.63, 3.8) is 0 Å². The van der Waals surface area contributed by atoms with Gasteiger partial charge in [0.15, 0.2) is 6.04 Å². The molecule has 0 aromatic carbocycles. The van der Waals surface area contributed by atoms with Gasteiger partial charge in [-0.1, -0.05) is 0 Å². The van der Waals surface area contributed by atoms with Crippen LogP contribution in [0.2, 0.25) is 0 Å². The number of nitrogens with two attached hydrogens (primary N) is 1. The van der Waals surface area contributed by atoms with Gasteiger partial charge in [-0.3, -0.25) is 24.2 Å². The second kappa shape index (κ2) is 8.56. The predicted octanol–water partition coefficient (Wildman–Crippen LogP) is -2.01. The first kappa shape index (κ1) is 19.3. The Morgan fingerprint density at radius 3 is 1.95 bits per heavy atom. The number of aliphatic carboxylic acids is 3. The average molecular weight is 319 g/mol. The maximum Gasteiger partial charge on any atom is 0.328 e. The molecule has 0 aromatic heterocycles. The Bertz CT molecular complexity index is 478. The molecule has 0 aliphatic heterocycles. The second-order valence-electron chi connectivity index (χ2n) is 4.37. The van der Waals surface area contributed by atoms with Gasteiger partial charge < -0.3 is 21.1 Å². The highest BCUT2D eigenvalue weighted by Crippen LogP contribution is 2.07. The SMILES string of the molecule is CC(=O)N(N[C@@H](CCC(=O)O)C(=O)O)[C@@H](CC(N)=O)C(=O)O. The molecule has 0 aromatic rings. The lowest BCUT2D eigenvalue weighted by atomic mass is 10.1. The summed E-state index contributed by atoms with van der Waals surface area (Å²) in [5, 5.41) is 27.0. The number of carboxylic acids is 3. The van der Waals surface area contributed by atoms with Crippen molar-refractivity contribution in [3.05, 3.63) is 0 Å². The third-order valence-corrected chi connectivity index (χ3v) is 2.57. The fourth-order valence-corrected chi connectivity index (χ4v) is 1.56. The summed E-state index contributed by atoms with van der Waals surface area (Å²) in [5.41, 5.74) is 7.02. The summed E-state index contributed by atoms with van der Waals surface area (Å²) in [5.74, 6) is -6.16. The second-order valence-corrected chi connectivity index (χ2v) is 4.37. The number of amides is 2. The number of hydrazine groups is 1. The minimum absolute atomic E-state index is 0.392. The fourth-order valence-electron chi connectivity index (χ4n) is 1.56. The van der Waals surface area contributed by atoms with Gasteiger partial charge in [0.2, 0.25) is 11.8 Å². The smallest absolute Gasteiger partial charge is 0.328 e. The molecule has 22 heavy (non-hydrogen) atoms. The van der Waals surface area contributed by atoms with Crippen LogP contribution in [0.25, 0.3) is 0 Å². The highest BCUT2D eigenvalue weighted by atomic mass is 16.4. The average Bonchev–Trinajstić information content (AvgIpc) is 2.35. The monoisotopic (exact) mass is 319 g/mol. The Labute approximate surface area is 124 Å². The Hall–Kier alpha value is -2.69. The first-order valence-electron chi connectivity index (χ1n) is 6.08. The van der Waals surface area contributed by atoms with Crippen molar-refractivity contribution < 1.29 is 39.3 Å². The van der Waals surface area contributed by atoms with Gasteiger partial charge in [-0.05, 0) is 6.42 Å². The van der Waals surface area contributed by atoms with E-state index in [1.165, 1.54) is 0 Å². The maximum absolute atomic E-state index is 11.5. The summed E-state index contributed by atoms with van der Waals surface area (Å²) in [6, 6.07) is -3.23. The number of carboxylic acid groups (broad SMARTS) is 3. The number of carbonyl (C=O) groups is 5. The quantitative estimate of drug-likeness (QED) is 0.283. The predicted molar refractivity (Wildman–Crippen MR) is 69.2 cm³/mol. The first-order valence-corrected chi connectivity index (χ1v) is 6.08. The Kier molecular flexibility index (Phi) is 7.52. The van der Waals surface area contributed by atoms with Gasteiger partial charge in [0.05, 0.1) is 6.42 Å². The van der Waals surface area contributed by atoms with Crippen LogP contribution in [0.15, 0.2) is 0 Å². The molecular formula is C11H17N3O8. The molecule has 11 nitrogen and oxygen atoms in total. The summed E-state index contributed by atoms with van der Waals surface area (Å²) >= 11 is 0. The molecule has 0 heterocycles. The number of hydrogen-bond donors (Lipinski definition) is 5. The van der Waals surface area contributed by atoms with Crippen molar-refractivity contribution in [1.29, 1.82) is 0 Å². The van der Waals surface area contributed by atoms with Crippen LogP contribution >= 0.6 is 0 Å². The van der Waals surface area contributed by atoms with Crippen LogP contribution in [-0.2, 0) is 24.0 Å². The zero-order valence-electron chi connectivity index (χ0n) is 11.7. The van der Waals surface area contributed by atoms with Crippen LogP contribution in [0.3, 0.4) is 0 Å². The molecule has 0 aliphatic carbocycles. The van der Waals surface area contributed by atoms with Crippen molar-refractivity contribution in [1.82, 2.24) is 10.4 Å². The van der Waals surface area contributed by atoms with E-state index in [-0.39, 0.29) is 0 Å². The molecule has 2 atom stereocenters. The molecule has 0 spiro atoms. The molecule has 0 rings (SSSR count). The maximum atomic E-state index is 11.5. The third kappa shape index (κ3) is 6.65. The molecule has 0 saturated heterocycles. The zero-order chi connectivity index (χ0) is 17.4. The van der Waals surface area contributed by atoms with Crippen molar-refractivity contribution in [2.45, 2.75) is 38.3 Å². The van der Waals surface area contributed by atoms with E-state index in [0.29, 0.717) is 5.01 Å². The largest absolute Gasteiger partial charge is 0.481 e. The molecule has 0 bridgehead atoms. The molecule has 124 valence electrons. The van der Waals surface area contributed by atoms with Crippen LogP contribution in [0.4, 0.5) is 0 Å². The summed E-state index contributed by atoms with van der Waals surface area (Å²) < 4.78 is 0. The lowest BCUT2D eigenvalue weighted by molar-refractivity contribution is -0.157. The van der Waals surface area contributed by atoms with E-state index in [2.05, 4.69) is 5.43 Å². The molecule has 2 amide bonds. The summed E-state index contributed by atoms with van der Waals surface area (Å²) in [7, 11) is 0. The standard InChI is InChI=1S/C11H17N3O8/c1-5(15)14(7(11(21)22)4-8(12)16)13-6(10(19)20)2-3-9(17)18/h6-7,13H,2-4H2,1H3,(H2,12,16)(H,17,18)(H,19,20)(H,21,22)/t6-,7-/m0/s1. The van der Waals surface area contributed by atoms with E-state index in [9.17, 15) is 24.0 Å². The number of nitrogens with one attached hydrogen (secondary N) is 1. The molecule has 6 N–H and O–H groups in total. The Morgan fingerprint density at radius 1 is 1.09 bits per heavy atom. The van der Waals surface area contributed by atoms with E-state index in [1.807, 2.05) is 0 Å². The van der Waals surface area contributed by atoms with Gasteiger partial charge in [0.1, 0.15) is 6.04 Å². The Morgan fingerprint density at radius 2 is 1.64 bits per heavy atom. The number of primary amides is 1. The Balaban J connectivity index is 5.22. The number of carbonyl (C=O) groups excluding carboxylic acids is 2.